The van der Waals surface area contributed by atoms with E-state index in [0.29, 0.717) is 26.4 Å². The van der Waals surface area contributed by atoms with Crippen LogP contribution in [-0.4, -0.2) is 117 Å². The second kappa shape index (κ2) is 27.6. The van der Waals surface area contributed by atoms with E-state index in [0.717, 1.165) is 33.4 Å². The van der Waals surface area contributed by atoms with Crippen molar-refractivity contribution < 1.29 is 71.4 Å². The molecule has 5 fully saturated rings. The third-order valence-electron chi connectivity index (χ3n) is 16.4. The van der Waals surface area contributed by atoms with Gasteiger partial charge in [-0.25, -0.2) is 0 Å². The van der Waals surface area contributed by atoms with Crippen LogP contribution in [0.3, 0.4) is 0 Å². The summed E-state index contributed by atoms with van der Waals surface area (Å²) in [6.07, 6.45) is -9.51. The Balaban J connectivity index is 0.887. The van der Waals surface area contributed by atoms with E-state index in [2.05, 4.69) is 13.8 Å². The Morgan fingerprint density at radius 3 is 1.55 bits per heavy atom. The maximum atomic E-state index is 11.6. The van der Waals surface area contributed by atoms with Crippen LogP contribution in [0.5, 0.6) is 0 Å². The van der Waals surface area contributed by atoms with Crippen LogP contribution >= 0.6 is 0 Å². The normalized spacial score (nSPS) is 33.7. The standard InChI is InChI=1S/C67H78O15/c1-45-35-75-65(61(74-40-53-31-19-9-20-32-53)56(45)80-67-44-71-43-66(67,42-70-37-50-25-13-6-14-26-50)81-64(82-67)54-33-21-10-22-34-54)79-59-48(4)76-62(68)46(2)58(59)78-63-47(3)57(72-38-51-27-15-7-16-28-51)60(73-39-52-29-17-8-18-30-52)55(77-63)41-69-36-49-23-11-5-12-24-49/h5-34,45-48,55-65,68H,35-44H2,1-4H3/t45-,46+,47-,48?,55?,56?,57?,58?,59+,60-,61-,62-,63+,64-,65+,66?,67-/m1/s1. The Hall–Kier alpha value is -5.28. The number of ether oxygens (including phenoxy) is 14. The summed E-state index contributed by atoms with van der Waals surface area (Å²) in [5.74, 6) is -2.69. The summed E-state index contributed by atoms with van der Waals surface area (Å²) in [6, 6.07) is 60.0. The maximum Gasteiger partial charge on any atom is 0.229 e. The van der Waals surface area contributed by atoms with Crippen molar-refractivity contribution in [3.8, 4) is 0 Å². The zero-order chi connectivity index (χ0) is 56.3. The van der Waals surface area contributed by atoms with E-state index in [-0.39, 0.29) is 45.6 Å². The lowest BCUT2D eigenvalue weighted by molar-refractivity contribution is -0.377. The van der Waals surface area contributed by atoms with Gasteiger partial charge in [-0.3, -0.25) is 0 Å². The van der Waals surface area contributed by atoms with Crippen LogP contribution in [0.2, 0.25) is 0 Å². The number of hydrogen-bond acceptors (Lipinski definition) is 15. The lowest BCUT2D eigenvalue weighted by Crippen LogP contribution is -2.64. The zero-order valence-corrected chi connectivity index (χ0v) is 47.2. The molecule has 6 aromatic carbocycles. The molecule has 436 valence electrons. The molecule has 82 heavy (non-hydrogen) atoms. The average molecular weight is 1120 g/mol. The molecule has 6 unspecified atom stereocenters. The van der Waals surface area contributed by atoms with Crippen LogP contribution in [0.25, 0.3) is 0 Å². The van der Waals surface area contributed by atoms with E-state index < -0.39 is 97.2 Å². The number of benzene rings is 6. The van der Waals surface area contributed by atoms with Crippen LogP contribution in [0.4, 0.5) is 0 Å². The highest BCUT2D eigenvalue weighted by molar-refractivity contribution is 5.21. The first kappa shape index (κ1) is 58.5. The van der Waals surface area contributed by atoms with Crippen molar-refractivity contribution in [1.82, 2.24) is 0 Å². The van der Waals surface area contributed by atoms with Crippen molar-refractivity contribution in [2.24, 2.45) is 17.8 Å². The number of hydrogen-bond donors (Lipinski definition) is 1. The smallest absolute Gasteiger partial charge is 0.229 e. The zero-order valence-electron chi connectivity index (χ0n) is 47.2. The molecule has 0 bridgehead atoms. The molecule has 15 heteroatoms. The molecule has 11 rings (SSSR count). The molecule has 5 heterocycles. The van der Waals surface area contributed by atoms with Crippen LogP contribution in [0, 0.1) is 17.8 Å². The first-order chi connectivity index (χ1) is 40.1. The van der Waals surface area contributed by atoms with E-state index in [1.807, 2.05) is 196 Å². The van der Waals surface area contributed by atoms with Crippen molar-refractivity contribution in [3.05, 3.63) is 215 Å². The number of rotatable bonds is 24. The van der Waals surface area contributed by atoms with Gasteiger partial charge in [0.25, 0.3) is 0 Å². The Bertz CT molecular complexity index is 2820. The lowest BCUT2D eigenvalue weighted by Gasteiger charge is -2.50. The van der Waals surface area contributed by atoms with Gasteiger partial charge >= 0.3 is 0 Å². The van der Waals surface area contributed by atoms with Gasteiger partial charge in [-0.2, -0.15) is 0 Å². The molecule has 5 saturated heterocycles. The molecule has 0 amide bonds. The molecule has 0 saturated carbocycles. The van der Waals surface area contributed by atoms with Crippen LogP contribution in [0.15, 0.2) is 182 Å². The summed E-state index contributed by atoms with van der Waals surface area (Å²) >= 11 is 0. The van der Waals surface area contributed by atoms with Gasteiger partial charge in [-0.15, -0.1) is 0 Å². The summed E-state index contributed by atoms with van der Waals surface area (Å²) in [4.78, 5) is 0. The summed E-state index contributed by atoms with van der Waals surface area (Å²) < 4.78 is 96.2. The van der Waals surface area contributed by atoms with Crippen molar-refractivity contribution in [1.29, 1.82) is 0 Å². The highest BCUT2D eigenvalue weighted by Gasteiger charge is 2.69. The van der Waals surface area contributed by atoms with Gasteiger partial charge in [0, 0.05) is 23.3 Å². The number of aliphatic hydroxyl groups excluding tert-OH is 1. The molecular weight excluding hydrogens is 1040 g/mol. The van der Waals surface area contributed by atoms with Crippen molar-refractivity contribution in [3.63, 3.8) is 0 Å². The Morgan fingerprint density at radius 1 is 0.476 bits per heavy atom. The van der Waals surface area contributed by atoms with E-state index in [9.17, 15) is 5.11 Å². The van der Waals surface area contributed by atoms with Gasteiger partial charge in [0.15, 0.2) is 30.8 Å². The number of fused-ring (bicyclic) bond motifs is 1. The second-order valence-electron chi connectivity index (χ2n) is 22.4. The highest BCUT2D eigenvalue weighted by Crippen LogP contribution is 2.52. The molecule has 17 atom stereocenters. The molecular formula is C67H78O15. The van der Waals surface area contributed by atoms with E-state index in [1.54, 1.807) is 0 Å². The molecule has 5 aliphatic heterocycles. The Morgan fingerprint density at radius 2 is 0.976 bits per heavy atom. The van der Waals surface area contributed by atoms with E-state index in [4.69, 9.17) is 66.3 Å². The summed E-state index contributed by atoms with van der Waals surface area (Å²) in [6.45, 7) is 10.2. The van der Waals surface area contributed by atoms with E-state index >= 15 is 0 Å². The van der Waals surface area contributed by atoms with E-state index in [1.165, 1.54) is 0 Å². The van der Waals surface area contributed by atoms with Crippen LogP contribution in [-0.2, 0) is 99.4 Å². The first-order valence-electron chi connectivity index (χ1n) is 28.9. The monoisotopic (exact) mass is 1120 g/mol. The average Bonchev–Trinajstić information content (AvgIpc) is 4.20. The third kappa shape index (κ3) is 13.8. The highest BCUT2D eigenvalue weighted by atomic mass is 16.9. The molecule has 0 radical (unpaired) electrons. The molecule has 0 spiro atoms. The van der Waals surface area contributed by atoms with Gasteiger partial charge in [0.1, 0.15) is 31.0 Å². The SMILES string of the molecule is CC1O[C@@H](O)[C@@H](C)C(O[C@@H]2OC(COCc3ccccc3)[C@@H](OCc3ccccc3)C(OCc3ccccc3)[C@H]2C)[C@H]1O[C@@H]1OC[C@@H](C)C(O[C@@]23COCC2(COCc2ccccc2)O[C@@H](c2ccccc2)O3)[C@H]1OCc1ccccc1. The predicted molar refractivity (Wildman–Crippen MR) is 302 cm³/mol. The molecule has 1 N–H and O–H groups in total. The molecule has 0 aliphatic carbocycles. The van der Waals surface area contributed by atoms with Crippen molar-refractivity contribution in [2.45, 2.75) is 146 Å². The topological polar surface area (TPSA) is 149 Å². The van der Waals surface area contributed by atoms with Gasteiger partial charge in [-0.05, 0) is 34.7 Å². The van der Waals surface area contributed by atoms with Gasteiger partial charge in [-0.1, -0.05) is 203 Å². The van der Waals surface area contributed by atoms with Gasteiger partial charge in [0.2, 0.25) is 5.79 Å². The maximum absolute atomic E-state index is 11.6. The fourth-order valence-electron chi connectivity index (χ4n) is 11.7. The minimum atomic E-state index is -1.44. The lowest BCUT2D eigenvalue weighted by atomic mass is 9.89. The van der Waals surface area contributed by atoms with Gasteiger partial charge in [0.05, 0.1) is 83.9 Å². The molecule has 5 aliphatic rings. The molecule has 15 nitrogen and oxygen atoms in total. The summed E-state index contributed by atoms with van der Waals surface area (Å²) in [7, 11) is 0. The fourth-order valence-corrected chi connectivity index (χ4v) is 11.7. The summed E-state index contributed by atoms with van der Waals surface area (Å²) in [5, 5.41) is 11.6. The largest absolute Gasteiger partial charge is 0.374 e. The first-order valence-corrected chi connectivity index (χ1v) is 28.9. The van der Waals surface area contributed by atoms with Crippen LogP contribution < -0.4 is 0 Å². The van der Waals surface area contributed by atoms with Crippen LogP contribution in [0.1, 0.15) is 67.4 Å². The molecule has 0 aromatic heterocycles. The Labute approximate surface area is 481 Å². The second-order valence-corrected chi connectivity index (χ2v) is 22.4. The fraction of sp³-hybridized carbons (Fsp3) is 0.463. The number of aliphatic hydroxyl groups is 1. The minimum Gasteiger partial charge on any atom is -0.374 e. The minimum absolute atomic E-state index is 0.0664. The third-order valence-corrected chi connectivity index (χ3v) is 16.4. The summed E-state index contributed by atoms with van der Waals surface area (Å²) in [5.41, 5.74) is 4.68. The van der Waals surface area contributed by atoms with Crippen molar-refractivity contribution in [2.75, 3.05) is 33.0 Å². The Kier molecular flexibility index (Phi) is 19.7. The van der Waals surface area contributed by atoms with Gasteiger partial charge < -0.3 is 71.4 Å². The van der Waals surface area contributed by atoms with Crippen molar-refractivity contribution >= 4 is 0 Å². The molecule has 6 aromatic rings. The predicted octanol–water partition coefficient (Wildman–Crippen LogP) is 10.3. The quantitative estimate of drug-likeness (QED) is 0.0612.